The summed E-state index contributed by atoms with van der Waals surface area (Å²) in [7, 11) is 0. The van der Waals surface area contributed by atoms with Crippen LogP contribution >= 0.6 is 0 Å². The molecule has 5 rings (SSSR count). The first-order valence-electron chi connectivity index (χ1n) is 16.7. The van der Waals surface area contributed by atoms with Gasteiger partial charge in [0.25, 0.3) is 0 Å². The second-order valence-corrected chi connectivity index (χ2v) is 14.9. The van der Waals surface area contributed by atoms with Crippen molar-refractivity contribution in [3.8, 4) is 12.3 Å². The second kappa shape index (κ2) is 12.7. The van der Waals surface area contributed by atoms with Gasteiger partial charge in [-0.15, -0.1) is 6.42 Å². The quantitative estimate of drug-likeness (QED) is 0.124. The lowest BCUT2D eigenvalue weighted by molar-refractivity contribution is -0.0664. The number of rotatable bonds is 10. The molecule has 0 N–H and O–H groups in total. The molecule has 0 aromatic heterocycles. The lowest BCUT2D eigenvalue weighted by Crippen LogP contribution is -2.51. The van der Waals surface area contributed by atoms with Crippen molar-refractivity contribution in [2.75, 3.05) is 13.2 Å². The smallest absolute Gasteiger partial charge is 0.338 e. The molecule has 0 amide bonds. The third kappa shape index (κ3) is 6.20. The maximum atomic E-state index is 12.4. The summed E-state index contributed by atoms with van der Waals surface area (Å²) in [4.78, 5) is 12.4. The molecule has 3 fully saturated rings. The van der Waals surface area contributed by atoms with Gasteiger partial charge in [-0.3, -0.25) is 0 Å². The van der Waals surface area contributed by atoms with Gasteiger partial charge in [0.1, 0.15) is 6.61 Å². The van der Waals surface area contributed by atoms with Crippen LogP contribution in [0.15, 0.2) is 35.9 Å². The average Bonchev–Trinajstić information content (AvgIpc) is 3.32. The summed E-state index contributed by atoms with van der Waals surface area (Å²) >= 11 is 0. The number of carbonyl (C=O) groups excluding carboxylic acids is 1. The van der Waals surface area contributed by atoms with E-state index >= 15 is 0 Å². The average molecular weight is 559 g/mol. The van der Waals surface area contributed by atoms with Gasteiger partial charge in [0.05, 0.1) is 18.3 Å². The van der Waals surface area contributed by atoms with E-state index in [1.165, 1.54) is 57.8 Å². The highest BCUT2D eigenvalue weighted by Crippen LogP contribution is 2.67. The Balaban J connectivity index is 1.13. The molecule has 224 valence electrons. The number of fused-ring (bicyclic) bond motifs is 5. The number of allylic oxidation sites excluding steroid dienone is 1. The molecule has 0 spiro atoms. The fraction of sp³-hybridized carbons (Fsp3) is 0.711. The van der Waals surface area contributed by atoms with Gasteiger partial charge in [-0.25, -0.2) is 4.79 Å². The molecule has 4 aliphatic carbocycles. The molecule has 1 unspecified atom stereocenters. The molecule has 0 bridgehead atoms. The van der Waals surface area contributed by atoms with Crippen LogP contribution < -0.4 is 0 Å². The van der Waals surface area contributed by atoms with E-state index in [0.29, 0.717) is 23.0 Å². The predicted molar refractivity (Wildman–Crippen MR) is 167 cm³/mol. The Morgan fingerprint density at radius 2 is 1.78 bits per heavy atom. The van der Waals surface area contributed by atoms with Crippen LogP contribution in [0.5, 0.6) is 0 Å². The minimum Gasteiger partial charge on any atom is -0.460 e. The van der Waals surface area contributed by atoms with Gasteiger partial charge in [0.2, 0.25) is 0 Å². The highest BCUT2D eigenvalue weighted by Gasteiger charge is 2.59. The number of hydrogen-bond acceptors (Lipinski definition) is 3. The molecule has 0 saturated heterocycles. The maximum Gasteiger partial charge on any atom is 0.338 e. The van der Waals surface area contributed by atoms with Crippen LogP contribution in [0.1, 0.15) is 121 Å². The summed E-state index contributed by atoms with van der Waals surface area (Å²) in [6, 6.07) is 6.97. The predicted octanol–water partition coefficient (Wildman–Crippen LogP) is 9.25. The van der Waals surface area contributed by atoms with Crippen molar-refractivity contribution in [1.82, 2.24) is 0 Å². The van der Waals surface area contributed by atoms with Crippen LogP contribution in [0.4, 0.5) is 0 Å². The van der Waals surface area contributed by atoms with Gasteiger partial charge in [-0.2, -0.15) is 0 Å². The monoisotopic (exact) mass is 558 g/mol. The first kappa shape index (κ1) is 30.4. The molecule has 1 aromatic rings. The van der Waals surface area contributed by atoms with E-state index in [0.717, 1.165) is 53.9 Å². The Morgan fingerprint density at radius 3 is 2.51 bits per heavy atom. The molecule has 4 aliphatic rings. The van der Waals surface area contributed by atoms with E-state index in [4.69, 9.17) is 15.9 Å². The van der Waals surface area contributed by atoms with Crippen molar-refractivity contribution in [3.63, 3.8) is 0 Å². The SMILES string of the molecule is C#Cc1ccc(C(=O)OCCOC2CC[C@@]3(C)C(=CC[C@H]4[C@@H]5CC[C@H]([C@H](C)CCCC(C)C)[C@@]5(C)CC[C@@H]43)C2)cc1. The number of benzene rings is 1. The minimum atomic E-state index is -0.321. The van der Waals surface area contributed by atoms with Crippen molar-refractivity contribution in [2.45, 2.75) is 111 Å². The normalized spacial score (nSPS) is 35.0. The van der Waals surface area contributed by atoms with Gasteiger partial charge < -0.3 is 9.47 Å². The fourth-order valence-electron chi connectivity index (χ4n) is 9.93. The van der Waals surface area contributed by atoms with Crippen LogP contribution in [0.3, 0.4) is 0 Å². The summed E-state index contributed by atoms with van der Waals surface area (Å²) in [6.07, 6.45) is 22.9. The first-order valence-corrected chi connectivity index (χ1v) is 16.7. The Labute approximate surface area is 250 Å². The third-order valence-electron chi connectivity index (χ3n) is 12.2. The van der Waals surface area contributed by atoms with Crippen LogP contribution in [0.25, 0.3) is 0 Å². The van der Waals surface area contributed by atoms with Crippen LogP contribution in [-0.2, 0) is 9.47 Å². The van der Waals surface area contributed by atoms with Gasteiger partial charge >= 0.3 is 5.97 Å². The Kier molecular flexibility index (Phi) is 9.40. The van der Waals surface area contributed by atoms with Gasteiger partial charge in [-0.1, -0.05) is 71.5 Å². The summed E-state index contributed by atoms with van der Waals surface area (Å²) in [6.45, 7) is 13.3. The molecule has 41 heavy (non-hydrogen) atoms. The maximum absolute atomic E-state index is 12.4. The molecule has 3 heteroatoms. The van der Waals surface area contributed by atoms with Gasteiger partial charge in [0.15, 0.2) is 0 Å². The largest absolute Gasteiger partial charge is 0.460 e. The van der Waals surface area contributed by atoms with E-state index < -0.39 is 0 Å². The zero-order valence-electron chi connectivity index (χ0n) is 26.4. The van der Waals surface area contributed by atoms with Crippen LogP contribution in [0.2, 0.25) is 0 Å². The molecule has 0 radical (unpaired) electrons. The molecule has 0 heterocycles. The molecule has 0 aliphatic heterocycles. The van der Waals surface area contributed by atoms with E-state index in [9.17, 15) is 4.79 Å². The highest BCUT2D eigenvalue weighted by atomic mass is 16.6. The Morgan fingerprint density at radius 1 is 1.00 bits per heavy atom. The summed E-state index contributed by atoms with van der Waals surface area (Å²) in [5.74, 6) is 7.46. The van der Waals surface area contributed by atoms with Gasteiger partial charge in [-0.05, 0) is 122 Å². The zero-order valence-corrected chi connectivity index (χ0v) is 26.4. The van der Waals surface area contributed by atoms with E-state index in [1.807, 2.05) is 0 Å². The molecular formula is C38H54O3. The number of hydrogen-bond donors (Lipinski definition) is 0. The van der Waals surface area contributed by atoms with Crippen LogP contribution in [0, 0.1) is 58.7 Å². The number of carbonyl (C=O) groups is 1. The van der Waals surface area contributed by atoms with Crippen molar-refractivity contribution in [2.24, 2.45) is 46.3 Å². The second-order valence-electron chi connectivity index (χ2n) is 14.9. The topological polar surface area (TPSA) is 35.5 Å². The van der Waals surface area contributed by atoms with Gasteiger partial charge in [0, 0.05) is 5.56 Å². The van der Waals surface area contributed by atoms with Crippen LogP contribution in [-0.4, -0.2) is 25.3 Å². The summed E-state index contributed by atoms with van der Waals surface area (Å²) in [5.41, 5.74) is 3.82. The number of esters is 1. The molecule has 8 atom stereocenters. The van der Waals surface area contributed by atoms with E-state index in [1.54, 1.807) is 29.8 Å². The minimum absolute atomic E-state index is 0.232. The van der Waals surface area contributed by atoms with Crippen molar-refractivity contribution in [3.05, 3.63) is 47.0 Å². The first-order chi connectivity index (χ1) is 19.7. The standard InChI is InChI=1S/C38H54O3/c1-7-28-11-13-29(14-12-28)36(39)41-24-23-40-31-19-21-37(5)30(25-31)15-16-32-34-18-17-33(27(4)10-8-9-26(2)3)38(34,6)22-20-35(32)37/h1,11-15,26-27,31-35H,8-10,16-25H2,2-6H3/t27-,31?,32+,33-,34+,35+,37+,38-/m1/s1. The van der Waals surface area contributed by atoms with Crippen molar-refractivity contribution in [1.29, 1.82) is 0 Å². The van der Waals surface area contributed by atoms with Crippen molar-refractivity contribution >= 4 is 5.97 Å². The molecule has 3 saturated carbocycles. The molecule has 1 aromatic carbocycles. The number of terminal acetylenes is 1. The Hall–Kier alpha value is -2.05. The third-order valence-corrected chi connectivity index (χ3v) is 12.2. The highest BCUT2D eigenvalue weighted by molar-refractivity contribution is 5.89. The van der Waals surface area contributed by atoms with E-state index in [-0.39, 0.29) is 18.7 Å². The summed E-state index contributed by atoms with van der Waals surface area (Å²) in [5, 5.41) is 0. The number of ether oxygens (including phenoxy) is 2. The molecule has 3 nitrogen and oxygen atoms in total. The molecular weight excluding hydrogens is 504 g/mol. The summed E-state index contributed by atoms with van der Waals surface area (Å²) < 4.78 is 11.7. The Bertz CT molecular complexity index is 1130. The fourth-order valence-corrected chi connectivity index (χ4v) is 9.93. The lowest BCUT2D eigenvalue weighted by atomic mass is 9.47. The zero-order chi connectivity index (χ0) is 29.2. The van der Waals surface area contributed by atoms with Crippen molar-refractivity contribution < 1.29 is 14.3 Å². The van der Waals surface area contributed by atoms with E-state index in [2.05, 4.69) is 46.6 Å². The lowest BCUT2D eigenvalue weighted by Gasteiger charge is -2.58.